The minimum Gasteiger partial charge on any atom is -0.462 e. The highest BCUT2D eigenvalue weighted by Gasteiger charge is 2.37. The van der Waals surface area contributed by atoms with Crippen LogP contribution in [0.3, 0.4) is 0 Å². The molecule has 4 amide bonds. The van der Waals surface area contributed by atoms with Crippen LogP contribution in [-0.2, 0) is 14.3 Å². The van der Waals surface area contributed by atoms with Gasteiger partial charge in [-0.3, -0.25) is 14.9 Å². The molecule has 0 bridgehead atoms. The van der Waals surface area contributed by atoms with Gasteiger partial charge in [0.05, 0.1) is 17.9 Å². The SMILES string of the molecule is CCOC(=O)c1cccc(-n2c(C)cc(/C=C3/C(=O)NC(=O)N(c4ccc(C)c(Cl)c4)C3=O)c2C)c1. The van der Waals surface area contributed by atoms with Gasteiger partial charge in [-0.25, -0.2) is 14.5 Å². The van der Waals surface area contributed by atoms with Crippen molar-refractivity contribution in [2.45, 2.75) is 27.7 Å². The van der Waals surface area contributed by atoms with E-state index in [1.165, 1.54) is 12.1 Å². The average molecular weight is 506 g/mol. The smallest absolute Gasteiger partial charge is 0.338 e. The Labute approximate surface area is 213 Å². The number of esters is 1. The summed E-state index contributed by atoms with van der Waals surface area (Å²) in [5.74, 6) is -1.96. The van der Waals surface area contributed by atoms with Crippen LogP contribution in [0.25, 0.3) is 11.8 Å². The molecule has 2 aromatic carbocycles. The van der Waals surface area contributed by atoms with E-state index in [2.05, 4.69) is 5.32 Å². The number of barbiturate groups is 1. The summed E-state index contributed by atoms with van der Waals surface area (Å²) in [6.45, 7) is 7.53. The molecule has 8 nitrogen and oxygen atoms in total. The van der Waals surface area contributed by atoms with E-state index in [1.54, 1.807) is 44.2 Å². The Hall–Kier alpha value is -4.17. The highest BCUT2D eigenvalue weighted by atomic mass is 35.5. The molecule has 0 spiro atoms. The van der Waals surface area contributed by atoms with E-state index < -0.39 is 23.8 Å². The minimum absolute atomic E-state index is 0.188. The number of hydrogen-bond donors (Lipinski definition) is 1. The topological polar surface area (TPSA) is 97.7 Å². The zero-order valence-corrected chi connectivity index (χ0v) is 21.0. The summed E-state index contributed by atoms with van der Waals surface area (Å²) in [6, 6.07) is 12.8. The van der Waals surface area contributed by atoms with Gasteiger partial charge in [-0.15, -0.1) is 0 Å². The van der Waals surface area contributed by atoms with Crippen LogP contribution in [0.4, 0.5) is 10.5 Å². The molecule has 1 fully saturated rings. The summed E-state index contributed by atoms with van der Waals surface area (Å²) in [6.07, 6.45) is 1.46. The molecular weight excluding hydrogens is 482 g/mol. The molecule has 9 heteroatoms. The number of amides is 4. The third-order valence-electron chi connectivity index (χ3n) is 5.90. The van der Waals surface area contributed by atoms with Crippen LogP contribution in [-0.4, -0.2) is 35.0 Å². The van der Waals surface area contributed by atoms with Gasteiger partial charge in [-0.1, -0.05) is 23.7 Å². The second kappa shape index (κ2) is 9.83. The molecule has 1 aromatic heterocycles. The van der Waals surface area contributed by atoms with E-state index in [-0.39, 0.29) is 17.9 Å². The van der Waals surface area contributed by atoms with Gasteiger partial charge in [0.1, 0.15) is 5.57 Å². The number of halogens is 1. The lowest BCUT2D eigenvalue weighted by Crippen LogP contribution is -2.54. The van der Waals surface area contributed by atoms with Crippen LogP contribution in [0.2, 0.25) is 5.02 Å². The standard InChI is InChI=1S/C27H24ClN3O5/c1-5-36-26(34)18-7-6-8-20(12-18)30-16(3)11-19(17(30)4)13-22-24(32)29-27(35)31(25(22)33)21-10-9-15(2)23(28)14-21/h6-14H,5H2,1-4H3,(H,29,32,35)/b22-13-. The minimum atomic E-state index is -0.844. The predicted molar refractivity (Wildman–Crippen MR) is 136 cm³/mol. The molecule has 0 aliphatic carbocycles. The van der Waals surface area contributed by atoms with Crippen LogP contribution in [0.15, 0.2) is 54.1 Å². The number of anilines is 1. The third kappa shape index (κ3) is 4.55. The zero-order chi connectivity index (χ0) is 26.1. The third-order valence-corrected chi connectivity index (χ3v) is 6.31. The molecule has 3 aromatic rings. The van der Waals surface area contributed by atoms with Gasteiger partial charge in [0.2, 0.25) is 0 Å². The number of rotatable bonds is 5. The van der Waals surface area contributed by atoms with Gasteiger partial charge >= 0.3 is 12.0 Å². The number of aryl methyl sites for hydroxylation is 2. The molecule has 1 aliphatic rings. The maximum atomic E-state index is 13.3. The number of imide groups is 2. The van der Waals surface area contributed by atoms with Gasteiger partial charge in [-0.2, -0.15) is 0 Å². The van der Waals surface area contributed by atoms with Crippen molar-refractivity contribution in [3.8, 4) is 5.69 Å². The maximum absolute atomic E-state index is 13.3. The Morgan fingerprint density at radius 3 is 2.47 bits per heavy atom. The van der Waals surface area contributed by atoms with Gasteiger partial charge in [0, 0.05) is 22.1 Å². The van der Waals surface area contributed by atoms with Crippen molar-refractivity contribution in [2.75, 3.05) is 11.5 Å². The van der Waals surface area contributed by atoms with Gasteiger partial charge < -0.3 is 9.30 Å². The van der Waals surface area contributed by atoms with Crippen LogP contribution in [0.5, 0.6) is 0 Å². The number of nitrogens with one attached hydrogen (secondary N) is 1. The van der Waals surface area contributed by atoms with Crippen LogP contribution >= 0.6 is 11.6 Å². The average Bonchev–Trinajstić information content (AvgIpc) is 3.11. The number of carbonyl (C=O) groups is 4. The van der Waals surface area contributed by atoms with Crippen molar-refractivity contribution in [3.05, 3.63) is 87.2 Å². The van der Waals surface area contributed by atoms with Crippen LogP contribution < -0.4 is 10.2 Å². The van der Waals surface area contributed by atoms with Gasteiger partial charge in [0.15, 0.2) is 0 Å². The highest BCUT2D eigenvalue weighted by molar-refractivity contribution is 6.39. The van der Waals surface area contributed by atoms with Crippen molar-refractivity contribution in [1.29, 1.82) is 0 Å². The molecule has 36 heavy (non-hydrogen) atoms. The van der Waals surface area contributed by atoms with E-state index in [0.717, 1.165) is 27.5 Å². The summed E-state index contributed by atoms with van der Waals surface area (Å²) < 4.78 is 7.00. The van der Waals surface area contributed by atoms with Crippen LogP contribution in [0.1, 0.15) is 39.8 Å². The number of carbonyl (C=O) groups excluding carboxylic acids is 4. The largest absolute Gasteiger partial charge is 0.462 e. The van der Waals surface area contributed by atoms with Crippen molar-refractivity contribution in [1.82, 2.24) is 9.88 Å². The summed E-state index contributed by atoms with van der Waals surface area (Å²) >= 11 is 6.19. The Balaban J connectivity index is 1.74. The van der Waals surface area contributed by atoms with Crippen molar-refractivity contribution >= 4 is 47.2 Å². The molecule has 4 rings (SSSR count). The molecule has 184 valence electrons. The maximum Gasteiger partial charge on any atom is 0.338 e. The molecule has 0 radical (unpaired) electrons. The molecular formula is C27H24ClN3O5. The fraction of sp³-hybridized carbons (Fsp3) is 0.185. The normalized spacial score (nSPS) is 14.9. The second-order valence-electron chi connectivity index (χ2n) is 8.32. The first-order valence-corrected chi connectivity index (χ1v) is 11.6. The van der Waals surface area contributed by atoms with Gasteiger partial charge in [0.25, 0.3) is 11.8 Å². The van der Waals surface area contributed by atoms with Crippen molar-refractivity contribution in [2.24, 2.45) is 0 Å². The monoisotopic (exact) mass is 505 g/mol. The predicted octanol–water partition coefficient (Wildman–Crippen LogP) is 4.90. The fourth-order valence-corrected chi connectivity index (χ4v) is 4.26. The van der Waals surface area contributed by atoms with E-state index in [0.29, 0.717) is 16.1 Å². The first-order valence-electron chi connectivity index (χ1n) is 11.3. The summed E-state index contributed by atoms with van der Waals surface area (Å²) in [5.41, 5.74) is 4.17. The Morgan fingerprint density at radius 1 is 1.03 bits per heavy atom. The van der Waals surface area contributed by atoms with E-state index in [1.807, 2.05) is 30.5 Å². The summed E-state index contributed by atoms with van der Waals surface area (Å²) in [4.78, 5) is 51.5. The molecule has 1 saturated heterocycles. The molecule has 1 N–H and O–H groups in total. The summed E-state index contributed by atoms with van der Waals surface area (Å²) in [5, 5.41) is 2.62. The van der Waals surface area contributed by atoms with E-state index >= 15 is 0 Å². The quantitative estimate of drug-likeness (QED) is 0.302. The molecule has 2 heterocycles. The van der Waals surface area contributed by atoms with E-state index in [9.17, 15) is 19.2 Å². The van der Waals surface area contributed by atoms with Crippen LogP contribution in [0, 0.1) is 20.8 Å². The number of ether oxygens (including phenoxy) is 1. The lowest BCUT2D eigenvalue weighted by Gasteiger charge is -2.26. The number of urea groups is 1. The molecule has 0 saturated carbocycles. The van der Waals surface area contributed by atoms with E-state index in [4.69, 9.17) is 16.3 Å². The number of nitrogens with zero attached hydrogens (tertiary/aromatic N) is 2. The lowest BCUT2D eigenvalue weighted by atomic mass is 10.1. The van der Waals surface area contributed by atoms with Crippen molar-refractivity contribution < 1.29 is 23.9 Å². The Kier molecular flexibility index (Phi) is 6.81. The molecule has 1 aliphatic heterocycles. The first kappa shape index (κ1) is 24.9. The number of benzene rings is 2. The van der Waals surface area contributed by atoms with Crippen molar-refractivity contribution in [3.63, 3.8) is 0 Å². The fourth-order valence-electron chi connectivity index (χ4n) is 4.09. The highest BCUT2D eigenvalue weighted by Crippen LogP contribution is 2.28. The molecule has 0 atom stereocenters. The first-order chi connectivity index (χ1) is 17.1. The number of aromatic nitrogens is 1. The number of hydrogen-bond acceptors (Lipinski definition) is 5. The zero-order valence-electron chi connectivity index (χ0n) is 20.2. The Bertz CT molecular complexity index is 1450. The summed E-state index contributed by atoms with van der Waals surface area (Å²) in [7, 11) is 0. The van der Waals surface area contributed by atoms with Gasteiger partial charge in [-0.05, 0) is 81.3 Å². The lowest BCUT2D eigenvalue weighted by molar-refractivity contribution is -0.122. The second-order valence-corrected chi connectivity index (χ2v) is 8.73. The Morgan fingerprint density at radius 2 is 1.78 bits per heavy atom. The molecule has 0 unspecified atom stereocenters.